The maximum absolute atomic E-state index is 13.3. The molecule has 0 bridgehead atoms. The number of fused-ring (bicyclic) bond motifs is 2. The number of unbranched alkanes of at least 4 members (excludes halogenated alkanes) is 1. The normalized spacial score (nSPS) is 16.9. The van der Waals surface area contributed by atoms with E-state index in [0.717, 1.165) is 23.8 Å². The van der Waals surface area contributed by atoms with Crippen molar-refractivity contribution in [1.82, 2.24) is 9.97 Å². The lowest BCUT2D eigenvalue weighted by atomic mass is 9.89. The Kier molecular flexibility index (Phi) is 5.33. The van der Waals surface area contributed by atoms with E-state index in [1.165, 1.54) is 0 Å². The molecule has 0 aliphatic carbocycles. The van der Waals surface area contributed by atoms with Crippen molar-refractivity contribution in [1.29, 1.82) is 0 Å². The second-order valence-corrected chi connectivity index (χ2v) is 7.80. The molecule has 0 spiro atoms. The first-order chi connectivity index (χ1) is 14.0. The van der Waals surface area contributed by atoms with Crippen molar-refractivity contribution in [3.63, 3.8) is 0 Å². The van der Waals surface area contributed by atoms with E-state index in [1.54, 1.807) is 17.0 Å². The summed E-state index contributed by atoms with van der Waals surface area (Å²) in [5, 5.41) is 1.18. The summed E-state index contributed by atoms with van der Waals surface area (Å²) in [6.45, 7) is 3.97. The van der Waals surface area contributed by atoms with E-state index >= 15 is 0 Å². The Morgan fingerprint density at radius 3 is 2.69 bits per heavy atom. The summed E-state index contributed by atoms with van der Waals surface area (Å²) in [5.41, 5.74) is 1.96. The third kappa shape index (κ3) is 3.51. The van der Waals surface area contributed by atoms with E-state index in [1.807, 2.05) is 43.3 Å². The van der Waals surface area contributed by atoms with E-state index < -0.39 is 0 Å². The van der Waals surface area contributed by atoms with Crippen molar-refractivity contribution in [3.05, 3.63) is 64.8 Å². The highest BCUT2D eigenvalue weighted by Gasteiger charge is 2.43. The van der Waals surface area contributed by atoms with Gasteiger partial charge in [-0.1, -0.05) is 50.1 Å². The second kappa shape index (κ2) is 7.91. The summed E-state index contributed by atoms with van der Waals surface area (Å²) in [6, 6.07) is 14.3. The molecule has 1 aromatic carbocycles. The van der Waals surface area contributed by atoms with Gasteiger partial charge in [-0.2, -0.15) is 0 Å². The zero-order valence-corrected chi connectivity index (χ0v) is 17.2. The van der Waals surface area contributed by atoms with E-state index in [0.29, 0.717) is 28.6 Å². The molecule has 1 amide bonds. The van der Waals surface area contributed by atoms with Crippen LogP contribution < -0.4 is 4.90 Å². The fourth-order valence-corrected chi connectivity index (χ4v) is 4.08. The number of pyridine rings is 2. The molecular weight excluding hydrogens is 386 g/mol. The van der Waals surface area contributed by atoms with Crippen LogP contribution in [0.1, 0.15) is 55.1 Å². The maximum atomic E-state index is 13.3. The zero-order valence-electron chi connectivity index (χ0n) is 16.4. The highest BCUT2D eigenvalue weighted by atomic mass is 35.5. The van der Waals surface area contributed by atoms with Crippen molar-refractivity contribution < 1.29 is 9.59 Å². The predicted molar refractivity (Wildman–Crippen MR) is 114 cm³/mol. The third-order valence-corrected chi connectivity index (χ3v) is 5.73. The Balaban J connectivity index is 1.80. The first kappa shape index (κ1) is 19.5. The number of ketones is 1. The van der Waals surface area contributed by atoms with Gasteiger partial charge in [-0.15, -0.1) is 0 Å². The molecule has 2 aromatic heterocycles. The Bertz CT molecular complexity index is 1100. The first-order valence-corrected chi connectivity index (χ1v) is 10.3. The number of hydrogen-bond acceptors (Lipinski definition) is 4. The number of rotatable bonds is 6. The van der Waals surface area contributed by atoms with Gasteiger partial charge in [0.05, 0.1) is 6.04 Å². The Morgan fingerprint density at radius 2 is 1.90 bits per heavy atom. The van der Waals surface area contributed by atoms with Gasteiger partial charge in [-0.25, -0.2) is 9.97 Å². The minimum Gasteiger partial charge on any atom is -0.299 e. The molecule has 0 saturated heterocycles. The molecule has 6 heteroatoms. The molecule has 0 saturated carbocycles. The molecule has 0 N–H and O–H groups in total. The van der Waals surface area contributed by atoms with Crippen LogP contribution in [0.3, 0.4) is 0 Å². The fourth-order valence-electron chi connectivity index (χ4n) is 3.94. The zero-order chi connectivity index (χ0) is 20.5. The lowest BCUT2D eigenvalue weighted by molar-refractivity contribution is -0.123. The Labute approximate surface area is 174 Å². The minimum atomic E-state index is -0.382. The molecule has 3 heterocycles. The van der Waals surface area contributed by atoms with Crippen LogP contribution in [-0.2, 0) is 4.79 Å². The van der Waals surface area contributed by atoms with Crippen LogP contribution in [-0.4, -0.2) is 21.7 Å². The second-order valence-electron chi connectivity index (χ2n) is 7.42. The molecule has 4 rings (SSSR count). The van der Waals surface area contributed by atoms with Gasteiger partial charge in [0.2, 0.25) is 0 Å². The summed E-state index contributed by atoms with van der Waals surface area (Å²) in [7, 11) is 0. The number of benzene rings is 1. The molecule has 0 unspecified atom stereocenters. The molecule has 5 nitrogen and oxygen atoms in total. The Morgan fingerprint density at radius 1 is 1.14 bits per heavy atom. The molecule has 0 fully saturated rings. The summed E-state index contributed by atoms with van der Waals surface area (Å²) >= 11 is 6.03. The van der Waals surface area contributed by atoms with Crippen LogP contribution in [0.4, 0.5) is 5.82 Å². The number of carbonyl (C=O) groups excluding carboxylic acids is 2. The highest BCUT2D eigenvalue weighted by Crippen LogP contribution is 2.42. The standard InChI is InChI=1S/C23H22ClN3O2/c1-3-4-9-18(28)14(2)21-16-7-5-6-8-17(16)23(29)27(21)20-13-11-15-10-12-19(24)25-22(15)26-20/h5-8,10-14,21H,3-4,9H2,1-2H3/t14-,21+/m1/s1. The number of amides is 1. The maximum Gasteiger partial charge on any atom is 0.260 e. The van der Waals surface area contributed by atoms with E-state index in [4.69, 9.17) is 11.6 Å². The van der Waals surface area contributed by atoms with Gasteiger partial charge in [0.15, 0.2) is 5.65 Å². The van der Waals surface area contributed by atoms with Crippen molar-refractivity contribution in [2.75, 3.05) is 4.90 Å². The average Bonchev–Trinajstić information content (AvgIpc) is 3.03. The molecule has 29 heavy (non-hydrogen) atoms. The van der Waals surface area contributed by atoms with Gasteiger partial charge in [0.1, 0.15) is 16.8 Å². The number of aromatic nitrogens is 2. The quantitative estimate of drug-likeness (QED) is 0.514. The number of carbonyl (C=O) groups is 2. The molecule has 1 aliphatic heterocycles. The van der Waals surface area contributed by atoms with E-state index in [-0.39, 0.29) is 23.7 Å². The van der Waals surface area contributed by atoms with Crippen LogP contribution in [0.5, 0.6) is 0 Å². The molecule has 0 radical (unpaired) electrons. The number of halogens is 1. The predicted octanol–water partition coefficient (Wildman–Crippen LogP) is 5.38. The number of hydrogen-bond donors (Lipinski definition) is 0. The molecule has 2 atom stereocenters. The van der Waals surface area contributed by atoms with Crippen LogP contribution in [0.15, 0.2) is 48.5 Å². The van der Waals surface area contributed by atoms with Crippen molar-refractivity contribution in [3.8, 4) is 0 Å². The smallest absolute Gasteiger partial charge is 0.260 e. The third-order valence-electron chi connectivity index (χ3n) is 5.52. The molecule has 1 aliphatic rings. The van der Waals surface area contributed by atoms with Gasteiger partial charge in [-0.3, -0.25) is 14.5 Å². The van der Waals surface area contributed by atoms with Gasteiger partial charge in [0.25, 0.3) is 5.91 Å². The highest BCUT2D eigenvalue weighted by molar-refractivity contribution is 6.29. The molecular formula is C23H22ClN3O2. The van der Waals surface area contributed by atoms with Crippen LogP contribution in [0.25, 0.3) is 11.0 Å². The topological polar surface area (TPSA) is 63.2 Å². The van der Waals surface area contributed by atoms with Crippen molar-refractivity contribution >= 4 is 40.1 Å². The van der Waals surface area contributed by atoms with Gasteiger partial charge in [-0.05, 0) is 42.3 Å². The first-order valence-electron chi connectivity index (χ1n) is 9.89. The van der Waals surface area contributed by atoms with Gasteiger partial charge >= 0.3 is 0 Å². The fraction of sp³-hybridized carbons (Fsp3) is 0.304. The monoisotopic (exact) mass is 407 g/mol. The van der Waals surface area contributed by atoms with Crippen LogP contribution in [0, 0.1) is 5.92 Å². The summed E-state index contributed by atoms with van der Waals surface area (Å²) in [6.07, 6.45) is 2.32. The molecule has 148 valence electrons. The lowest BCUT2D eigenvalue weighted by Crippen LogP contribution is -2.35. The number of Topliss-reactive ketones (excluding diaryl/α,β-unsaturated/α-hetero) is 1. The number of nitrogens with zero attached hydrogens (tertiary/aromatic N) is 3. The van der Waals surface area contributed by atoms with Gasteiger partial charge in [0, 0.05) is 23.3 Å². The van der Waals surface area contributed by atoms with E-state index in [9.17, 15) is 9.59 Å². The van der Waals surface area contributed by atoms with Crippen molar-refractivity contribution in [2.45, 2.75) is 39.2 Å². The Hall–Kier alpha value is -2.79. The van der Waals surface area contributed by atoms with E-state index in [2.05, 4.69) is 16.9 Å². The summed E-state index contributed by atoms with van der Waals surface area (Å²) in [4.78, 5) is 36.7. The summed E-state index contributed by atoms with van der Waals surface area (Å²) in [5.74, 6) is 0.163. The SMILES string of the molecule is CCCCC(=O)[C@@H](C)[C@H]1c2ccccc2C(=O)N1c1ccc2ccc(Cl)nc2n1. The van der Waals surface area contributed by atoms with Gasteiger partial charge < -0.3 is 0 Å². The minimum absolute atomic E-state index is 0.144. The number of anilines is 1. The molecule has 3 aromatic rings. The largest absolute Gasteiger partial charge is 0.299 e. The van der Waals surface area contributed by atoms with Crippen molar-refractivity contribution in [2.24, 2.45) is 5.92 Å². The van der Waals surface area contributed by atoms with Crippen LogP contribution in [0.2, 0.25) is 5.15 Å². The summed E-state index contributed by atoms with van der Waals surface area (Å²) < 4.78 is 0. The average molecular weight is 408 g/mol. The lowest BCUT2D eigenvalue weighted by Gasteiger charge is -2.29. The van der Waals surface area contributed by atoms with Crippen LogP contribution >= 0.6 is 11.6 Å².